The molecule has 3 N–H and O–H groups in total. The second-order valence-electron chi connectivity index (χ2n) is 4.24. The van der Waals surface area contributed by atoms with E-state index < -0.39 is 12.0 Å². The van der Waals surface area contributed by atoms with Crippen molar-refractivity contribution < 1.29 is 19.5 Å². The van der Waals surface area contributed by atoms with Crippen LogP contribution in [-0.2, 0) is 9.59 Å². The van der Waals surface area contributed by atoms with Crippen molar-refractivity contribution in [3.8, 4) is 0 Å². The van der Waals surface area contributed by atoms with Crippen LogP contribution in [0.5, 0.6) is 0 Å². The van der Waals surface area contributed by atoms with E-state index in [0.29, 0.717) is 6.54 Å². The van der Waals surface area contributed by atoms with Gasteiger partial charge in [-0.15, -0.1) is 0 Å². The first-order chi connectivity index (χ1) is 9.02. The van der Waals surface area contributed by atoms with Crippen molar-refractivity contribution >= 4 is 29.7 Å². The molecule has 0 aromatic carbocycles. The second kappa shape index (κ2) is 8.00. The zero-order valence-electron chi connectivity index (χ0n) is 10.8. The zero-order chi connectivity index (χ0) is 14.3. The molecule has 108 valence electrons. The highest BCUT2D eigenvalue weighted by atomic mass is 32.2. The molecule has 0 saturated carbocycles. The molecule has 3 amide bonds. The number of aliphatic carboxylic acids is 1. The van der Waals surface area contributed by atoms with E-state index in [9.17, 15) is 14.4 Å². The average Bonchev–Trinajstić information content (AvgIpc) is 2.37. The number of amides is 3. The van der Waals surface area contributed by atoms with E-state index in [0.717, 1.165) is 18.1 Å². The van der Waals surface area contributed by atoms with Gasteiger partial charge in [0.2, 0.25) is 5.91 Å². The summed E-state index contributed by atoms with van der Waals surface area (Å²) in [6.07, 6.45) is 0.276. The Morgan fingerprint density at radius 2 is 2.16 bits per heavy atom. The Morgan fingerprint density at radius 3 is 2.79 bits per heavy atom. The minimum atomic E-state index is -0.827. The molecule has 1 atom stereocenters. The third-order valence-electron chi connectivity index (χ3n) is 2.87. The number of carboxylic acid groups (broad SMARTS) is 1. The maximum absolute atomic E-state index is 11.5. The Bertz CT molecular complexity index is 351. The van der Waals surface area contributed by atoms with Crippen LogP contribution < -0.4 is 10.6 Å². The van der Waals surface area contributed by atoms with Gasteiger partial charge in [0.1, 0.15) is 0 Å². The maximum Gasteiger partial charge on any atom is 0.321 e. The van der Waals surface area contributed by atoms with Gasteiger partial charge in [0.25, 0.3) is 0 Å². The van der Waals surface area contributed by atoms with Crippen molar-refractivity contribution in [2.75, 3.05) is 31.6 Å². The van der Waals surface area contributed by atoms with Gasteiger partial charge in [-0.3, -0.25) is 19.8 Å². The summed E-state index contributed by atoms with van der Waals surface area (Å²) in [6.45, 7) is 1.25. The molecule has 0 radical (unpaired) electrons. The highest BCUT2D eigenvalue weighted by molar-refractivity contribution is 7.99. The molecule has 0 aromatic rings. The first kappa shape index (κ1) is 15.8. The van der Waals surface area contributed by atoms with Gasteiger partial charge in [0, 0.05) is 44.1 Å². The number of imide groups is 1. The highest BCUT2D eigenvalue weighted by Gasteiger charge is 2.25. The monoisotopic (exact) mass is 289 g/mol. The lowest BCUT2D eigenvalue weighted by atomic mass is 10.2. The molecule has 1 aliphatic rings. The predicted molar refractivity (Wildman–Crippen MR) is 72.2 cm³/mol. The lowest BCUT2D eigenvalue weighted by Gasteiger charge is -2.34. The Labute approximate surface area is 116 Å². The molecule has 19 heavy (non-hydrogen) atoms. The van der Waals surface area contributed by atoms with E-state index in [-0.39, 0.29) is 24.8 Å². The summed E-state index contributed by atoms with van der Waals surface area (Å²) in [5.74, 6) is 0.523. The van der Waals surface area contributed by atoms with E-state index in [1.54, 1.807) is 11.8 Å². The number of hydrogen-bond acceptors (Lipinski definition) is 5. The van der Waals surface area contributed by atoms with Crippen LogP contribution in [0.3, 0.4) is 0 Å². The van der Waals surface area contributed by atoms with Crippen LogP contribution >= 0.6 is 11.8 Å². The smallest absolute Gasteiger partial charge is 0.321 e. The number of nitrogens with zero attached hydrogens (tertiary/aromatic N) is 1. The third-order valence-corrected chi connectivity index (χ3v) is 3.96. The SMILES string of the molecule is CNC(=O)NC(=O)CCN1CCSCC1CC(=O)O. The van der Waals surface area contributed by atoms with E-state index >= 15 is 0 Å². The van der Waals surface area contributed by atoms with Crippen molar-refractivity contribution in [3.05, 3.63) is 0 Å². The van der Waals surface area contributed by atoms with Crippen molar-refractivity contribution in [2.24, 2.45) is 0 Å². The van der Waals surface area contributed by atoms with Gasteiger partial charge in [-0.2, -0.15) is 11.8 Å². The maximum atomic E-state index is 11.5. The van der Waals surface area contributed by atoms with E-state index in [2.05, 4.69) is 10.6 Å². The lowest BCUT2D eigenvalue weighted by Crippen LogP contribution is -2.46. The number of carbonyl (C=O) groups excluding carboxylic acids is 2. The molecule has 8 heteroatoms. The summed E-state index contributed by atoms with van der Waals surface area (Å²) >= 11 is 1.73. The topological polar surface area (TPSA) is 98.7 Å². The Hall–Kier alpha value is -1.28. The number of rotatable bonds is 5. The van der Waals surface area contributed by atoms with Crippen LogP contribution in [0.1, 0.15) is 12.8 Å². The average molecular weight is 289 g/mol. The van der Waals surface area contributed by atoms with Gasteiger partial charge < -0.3 is 10.4 Å². The van der Waals surface area contributed by atoms with Crippen LogP contribution in [0.15, 0.2) is 0 Å². The Morgan fingerprint density at radius 1 is 1.42 bits per heavy atom. The van der Waals surface area contributed by atoms with Crippen molar-refractivity contribution in [3.63, 3.8) is 0 Å². The Kier molecular flexibility index (Phi) is 6.65. The Balaban J connectivity index is 2.38. The molecule has 0 bridgehead atoms. The number of hydrogen-bond donors (Lipinski definition) is 3. The summed E-state index contributed by atoms with van der Waals surface area (Å²) in [4.78, 5) is 35.2. The highest BCUT2D eigenvalue weighted by Crippen LogP contribution is 2.19. The summed E-state index contributed by atoms with van der Waals surface area (Å²) < 4.78 is 0. The van der Waals surface area contributed by atoms with Crippen LogP contribution in [0, 0.1) is 0 Å². The summed E-state index contributed by atoms with van der Waals surface area (Å²) in [6, 6.07) is -0.565. The van der Waals surface area contributed by atoms with Crippen LogP contribution in [0.25, 0.3) is 0 Å². The standard InChI is InChI=1S/C11H19N3O4S/c1-12-11(18)13-9(15)2-3-14-4-5-19-7-8(14)6-10(16)17/h8H,2-7H2,1H3,(H,16,17)(H2,12,13,15,18). The minimum absolute atomic E-state index is 0.0379. The van der Waals surface area contributed by atoms with E-state index in [4.69, 9.17) is 5.11 Å². The molecule has 1 aliphatic heterocycles. The summed E-state index contributed by atoms with van der Waals surface area (Å²) in [7, 11) is 1.44. The molecule has 1 fully saturated rings. The summed E-state index contributed by atoms with van der Waals surface area (Å²) in [5, 5.41) is 13.3. The molecule has 1 unspecified atom stereocenters. The van der Waals surface area contributed by atoms with Crippen LogP contribution in [0.4, 0.5) is 4.79 Å². The number of carbonyl (C=O) groups is 3. The predicted octanol–water partition coefficient (Wildman–Crippen LogP) is -0.276. The first-order valence-corrected chi connectivity index (χ1v) is 7.23. The summed E-state index contributed by atoms with van der Waals surface area (Å²) in [5.41, 5.74) is 0. The van der Waals surface area contributed by atoms with Crippen molar-refractivity contribution in [1.29, 1.82) is 0 Å². The van der Waals surface area contributed by atoms with Gasteiger partial charge in [-0.25, -0.2) is 4.79 Å². The van der Waals surface area contributed by atoms with Crippen molar-refractivity contribution in [1.82, 2.24) is 15.5 Å². The molecule has 0 aromatic heterocycles. The quantitative estimate of drug-likeness (QED) is 0.644. The number of carboxylic acids is 1. The van der Waals surface area contributed by atoms with Gasteiger partial charge >= 0.3 is 12.0 Å². The second-order valence-corrected chi connectivity index (χ2v) is 5.39. The van der Waals surface area contributed by atoms with Gasteiger partial charge in [0.15, 0.2) is 0 Å². The molecule has 0 aliphatic carbocycles. The largest absolute Gasteiger partial charge is 0.481 e. The fourth-order valence-electron chi connectivity index (χ4n) is 1.87. The molecular formula is C11H19N3O4S. The molecule has 1 saturated heterocycles. The molecule has 1 heterocycles. The lowest BCUT2D eigenvalue weighted by molar-refractivity contribution is -0.138. The van der Waals surface area contributed by atoms with E-state index in [1.165, 1.54) is 7.05 Å². The minimum Gasteiger partial charge on any atom is -0.481 e. The van der Waals surface area contributed by atoms with Crippen molar-refractivity contribution in [2.45, 2.75) is 18.9 Å². The fraction of sp³-hybridized carbons (Fsp3) is 0.727. The number of urea groups is 1. The first-order valence-electron chi connectivity index (χ1n) is 6.08. The zero-order valence-corrected chi connectivity index (χ0v) is 11.7. The van der Waals surface area contributed by atoms with E-state index in [1.807, 2.05) is 4.90 Å². The molecular weight excluding hydrogens is 270 g/mol. The van der Waals surface area contributed by atoms with Gasteiger partial charge in [0.05, 0.1) is 6.42 Å². The molecule has 7 nitrogen and oxygen atoms in total. The number of thioether (sulfide) groups is 1. The number of nitrogens with one attached hydrogen (secondary N) is 2. The third kappa shape index (κ3) is 5.93. The fourth-order valence-corrected chi connectivity index (χ4v) is 3.00. The molecule has 0 spiro atoms. The normalized spacial score (nSPS) is 19.7. The molecule has 1 rings (SSSR count). The van der Waals surface area contributed by atoms with Gasteiger partial charge in [-0.05, 0) is 0 Å². The van der Waals surface area contributed by atoms with Gasteiger partial charge in [-0.1, -0.05) is 0 Å². The van der Waals surface area contributed by atoms with Crippen LogP contribution in [0.2, 0.25) is 0 Å². The van der Waals surface area contributed by atoms with Crippen LogP contribution in [-0.4, -0.2) is 65.6 Å².